The van der Waals surface area contributed by atoms with Crippen LogP contribution >= 0.6 is 0 Å². The quantitative estimate of drug-likeness (QED) is 0.753. The molecule has 4 atom stereocenters. The van der Waals surface area contributed by atoms with Gasteiger partial charge in [0.1, 0.15) is 5.67 Å². The molecule has 0 saturated heterocycles. The monoisotopic (exact) mass is 248 g/mol. The van der Waals surface area contributed by atoms with Crippen LogP contribution in [-0.4, -0.2) is 15.6 Å². The summed E-state index contributed by atoms with van der Waals surface area (Å²) in [7, 11) is 0. The molecule has 2 nitrogen and oxygen atoms in total. The summed E-state index contributed by atoms with van der Waals surface area (Å²) in [6, 6.07) is 0. The molecule has 0 aliphatic heterocycles. The van der Waals surface area contributed by atoms with E-state index in [9.17, 15) is 4.39 Å². The van der Waals surface area contributed by atoms with Gasteiger partial charge >= 0.3 is 0 Å². The molecular weight excluding hydrogens is 227 g/mol. The van der Waals surface area contributed by atoms with Crippen molar-refractivity contribution in [1.82, 2.24) is 9.97 Å². The topological polar surface area (TPSA) is 28.7 Å². The van der Waals surface area contributed by atoms with Crippen molar-refractivity contribution < 1.29 is 4.39 Å². The van der Waals surface area contributed by atoms with E-state index in [1.165, 1.54) is 11.3 Å². The lowest BCUT2D eigenvalue weighted by atomic mass is 9.72. The first-order chi connectivity index (χ1) is 8.42. The predicted octanol–water partition coefficient (Wildman–Crippen LogP) is 3.77. The molecule has 0 amide bonds. The molecule has 1 aromatic heterocycles. The number of nitrogens with one attached hydrogen (secondary N) is 1. The van der Waals surface area contributed by atoms with Gasteiger partial charge in [0.25, 0.3) is 0 Å². The van der Waals surface area contributed by atoms with Gasteiger partial charge in [-0.3, -0.25) is 0 Å². The molecule has 0 radical (unpaired) electrons. The van der Waals surface area contributed by atoms with E-state index in [0.29, 0.717) is 12.3 Å². The molecule has 1 aromatic rings. The van der Waals surface area contributed by atoms with E-state index in [0.717, 1.165) is 12.8 Å². The van der Waals surface area contributed by atoms with Gasteiger partial charge in [-0.1, -0.05) is 25.5 Å². The highest BCUT2D eigenvalue weighted by Crippen LogP contribution is 2.54. The number of H-pyrrole nitrogens is 1. The maximum Gasteiger partial charge on any atom is 0.114 e. The second-order valence-corrected chi connectivity index (χ2v) is 6.56. The number of imidazole rings is 1. The van der Waals surface area contributed by atoms with Crippen molar-refractivity contribution in [2.24, 2.45) is 11.8 Å². The van der Waals surface area contributed by atoms with Crippen molar-refractivity contribution >= 4 is 0 Å². The fourth-order valence-electron chi connectivity index (χ4n) is 3.72. The zero-order valence-electron chi connectivity index (χ0n) is 11.3. The summed E-state index contributed by atoms with van der Waals surface area (Å²) >= 11 is 0. The van der Waals surface area contributed by atoms with Gasteiger partial charge in [0.2, 0.25) is 0 Å². The lowest BCUT2D eigenvalue weighted by Crippen LogP contribution is -2.35. The van der Waals surface area contributed by atoms with Crippen LogP contribution < -0.4 is 0 Å². The molecule has 3 unspecified atom stereocenters. The highest BCUT2D eigenvalue weighted by atomic mass is 19.1. The number of aromatic amines is 1. The van der Waals surface area contributed by atoms with E-state index in [4.69, 9.17) is 0 Å². The molecular formula is C15H21FN2. The number of allylic oxidation sites excluding steroid dienone is 2. The van der Waals surface area contributed by atoms with Gasteiger partial charge in [-0.25, -0.2) is 9.37 Å². The van der Waals surface area contributed by atoms with Crippen LogP contribution in [0.2, 0.25) is 0 Å². The first kappa shape index (κ1) is 11.9. The average molecular weight is 248 g/mol. The Bertz CT molecular complexity index is 475. The summed E-state index contributed by atoms with van der Waals surface area (Å²) in [6.45, 7) is 6.08. The number of aromatic nitrogens is 2. The van der Waals surface area contributed by atoms with Gasteiger partial charge in [-0.2, -0.15) is 0 Å². The SMILES string of the molecule is CC1C2CC(C)(c3cnc[nH]3)CC2=CC[C@@]1(C)F. The van der Waals surface area contributed by atoms with Crippen LogP contribution in [0.15, 0.2) is 24.2 Å². The smallest absolute Gasteiger partial charge is 0.114 e. The molecule has 18 heavy (non-hydrogen) atoms. The third-order valence-corrected chi connectivity index (χ3v) is 5.21. The van der Waals surface area contributed by atoms with E-state index in [1.54, 1.807) is 13.3 Å². The minimum absolute atomic E-state index is 0.0989. The van der Waals surface area contributed by atoms with Crippen LogP contribution in [0.25, 0.3) is 0 Å². The van der Waals surface area contributed by atoms with E-state index < -0.39 is 5.67 Å². The zero-order chi connectivity index (χ0) is 13.0. The Morgan fingerprint density at radius 1 is 1.44 bits per heavy atom. The Hall–Kier alpha value is -1.12. The zero-order valence-corrected chi connectivity index (χ0v) is 11.3. The average Bonchev–Trinajstić information content (AvgIpc) is 2.92. The number of fused-ring (bicyclic) bond motifs is 1. The number of hydrogen-bond acceptors (Lipinski definition) is 1. The van der Waals surface area contributed by atoms with Crippen molar-refractivity contribution in [3.63, 3.8) is 0 Å². The summed E-state index contributed by atoms with van der Waals surface area (Å²) in [4.78, 5) is 7.36. The number of alkyl halides is 1. The molecule has 1 fully saturated rings. The lowest BCUT2D eigenvalue weighted by Gasteiger charge is -2.36. The largest absolute Gasteiger partial charge is 0.348 e. The molecule has 2 aliphatic carbocycles. The first-order valence-corrected chi connectivity index (χ1v) is 6.79. The van der Waals surface area contributed by atoms with E-state index in [-0.39, 0.29) is 11.3 Å². The van der Waals surface area contributed by atoms with E-state index in [2.05, 4.69) is 29.9 Å². The van der Waals surface area contributed by atoms with Crippen LogP contribution in [-0.2, 0) is 5.41 Å². The standard InChI is InChI=1S/C15H21FN2/c1-10-12-7-14(2,13-8-17-9-18-13)6-11(12)4-5-15(10,3)16/h4,8-10,12H,5-7H2,1-3H3,(H,17,18)/t10?,12?,14?,15-/m1/s1. The summed E-state index contributed by atoms with van der Waals surface area (Å²) in [5, 5.41) is 0. The molecule has 2 aliphatic rings. The van der Waals surface area contributed by atoms with Crippen molar-refractivity contribution in [2.45, 2.75) is 51.1 Å². The predicted molar refractivity (Wildman–Crippen MR) is 70.0 cm³/mol. The van der Waals surface area contributed by atoms with Gasteiger partial charge in [0, 0.05) is 17.3 Å². The summed E-state index contributed by atoms with van der Waals surface area (Å²) in [5.41, 5.74) is 1.69. The highest BCUT2D eigenvalue weighted by molar-refractivity contribution is 5.30. The Morgan fingerprint density at radius 2 is 2.22 bits per heavy atom. The fraction of sp³-hybridized carbons (Fsp3) is 0.667. The molecule has 0 bridgehead atoms. The minimum atomic E-state index is -1.05. The second kappa shape index (κ2) is 3.69. The molecule has 3 heteroatoms. The first-order valence-electron chi connectivity index (χ1n) is 6.79. The van der Waals surface area contributed by atoms with Crippen LogP contribution in [0.3, 0.4) is 0 Å². The molecule has 1 saturated carbocycles. The highest BCUT2D eigenvalue weighted by Gasteiger charge is 2.49. The lowest BCUT2D eigenvalue weighted by molar-refractivity contribution is 0.0752. The Labute approximate surface area is 108 Å². The Morgan fingerprint density at radius 3 is 2.89 bits per heavy atom. The second-order valence-electron chi connectivity index (χ2n) is 6.56. The maximum atomic E-state index is 14.4. The molecule has 0 spiro atoms. The van der Waals surface area contributed by atoms with Crippen LogP contribution in [0.1, 0.15) is 45.7 Å². The van der Waals surface area contributed by atoms with Gasteiger partial charge in [0.05, 0.1) is 6.33 Å². The van der Waals surface area contributed by atoms with Crippen molar-refractivity contribution in [2.75, 3.05) is 0 Å². The van der Waals surface area contributed by atoms with E-state index >= 15 is 0 Å². The van der Waals surface area contributed by atoms with E-state index in [1.807, 2.05) is 6.20 Å². The summed E-state index contributed by atoms with van der Waals surface area (Å²) in [5.74, 6) is 0.504. The molecule has 98 valence electrons. The number of hydrogen-bond donors (Lipinski definition) is 1. The molecule has 1 heterocycles. The van der Waals surface area contributed by atoms with Crippen molar-refractivity contribution in [3.05, 3.63) is 29.9 Å². The van der Waals surface area contributed by atoms with Crippen LogP contribution in [0, 0.1) is 11.8 Å². The van der Waals surface area contributed by atoms with Crippen LogP contribution in [0.4, 0.5) is 4.39 Å². The molecule has 0 aromatic carbocycles. The molecule has 1 N–H and O–H groups in total. The number of rotatable bonds is 1. The number of nitrogens with zero attached hydrogens (tertiary/aromatic N) is 1. The third kappa shape index (κ3) is 1.63. The van der Waals surface area contributed by atoms with Gasteiger partial charge in [0.15, 0.2) is 0 Å². The third-order valence-electron chi connectivity index (χ3n) is 5.21. The Balaban J connectivity index is 1.92. The number of halogens is 1. The van der Waals surface area contributed by atoms with Gasteiger partial charge in [-0.05, 0) is 38.0 Å². The Kier molecular flexibility index (Phi) is 2.45. The maximum absolute atomic E-state index is 14.4. The minimum Gasteiger partial charge on any atom is -0.348 e. The van der Waals surface area contributed by atoms with Gasteiger partial charge in [-0.15, -0.1) is 0 Å². The summed E-state index contributed by atoms with van der Waals surface area (Å²) in [6.07, 6.45) is 8.43. The fourth-order valence-corrected chi connectivity index (χ4v) is 3.72. The van der Waals surface area contributed by atoms with Gasteiger partial charge < -0.3 is 4.98 Å². The molecule has 3 rings (SSSR count). The summed E-state index contributed by atoms with van der Waals surface area (Å²) < 4.78 is 14.4. The van der Waals surface area contributed by atoms with Crippen molar-refractivity contribution in [1.29, 1.82) is 0 Å². The normalized spacial score (nSPS) is 43.7. The van der Waals surface area contributed by atoms with Crippen LogP contribution in [0.5, 0.6) is 0 Å². The van der Waals surface area contributed by atoms with Crippen molar-refractivity contribution in [3.8, 4) is 0 Å².